The van der Waals surface area contributed by atoms with Gasteiger partial charge in [0.25, 0.3) is 0 Å². The van der Waals surface area contributed by atoms with E-state index in [-0.39, 0.29) is 12.3 Å². The van der Waals surface area contributed by atoms with Crippen molar-refractivity contribution in [1.82, 2.24) is 10.1 Å². The van der Waals surface area contributed by atoms with Crippen LogP contribution in [0.15, 0.2) is 40.9 Å². The van der Waals surface area contributed by atoms with Crippen LogP contribution in [0.1, 0.15) is 12.3 Å². The number of benzene rings is 2. The standard InChI is InChI=1S/C19H17Cl2N3O4/c1-26-15-6-3-11(9-16(15)27-2)19-23-18(28-24-19)8-7-17(25)22-12-4-5-13(20)14(21)10-12/h3-6,9-10H,7-8H2,1-2H3,(H,22,25). The van der Waals surface area contributed by atoms with E-state index in [1.54, 1.807) is 50.6 Å². The molecule has 0 aliphatic carbocycles. The topological polar surface area (TPSA) is 86.5 Å². The van der Waals surface area contributed by atoms with Gasteiger partial charge in [-0.2, -0.15) is 4.98 Å². The second-order valence-electron chi connectivity index (χ2n) is 5.76. The molecular formula is C19H17Cl2N3O4. The van der Waals surface area contributed by atoms with Crippen molar-refractivity contribution in [2.45, 2.75) is 12.8 Å². The van der Waals surface area contributed by atoms with Crippen LogP contribution < -0.4 is 14.8 Å². The van der Waals surface area contributed by atoms with Crippen molar-refractivity contribution in [3.63, 3.8) is 0 Å². The minimum absolute atomic E-state index is 0.174. The number of halogens is 2. The van der Waals surface area contributed by atoms with Crippen molar-refractivity contribution in [1.29, 1.82) is 0 Å². The molecule has 3 rings (SSSR count). The zero-order chi connectivity index (χ0) is 20.1. The van der Waals surface area contributed by atoms with Gasteiger partial charge in [-0.15, -0.1) is 0 Å². The molecule has 0 aliphatic heterocycles. The average molecular weight is 422 g/mol. The number of amides is 1. The fraction of sp³-hybridized carbons (Fsp3) is 0.211. The predicted molar refractivity (Wildman–Crippen MR) is 106 cm³/mol. The number of methoxy groups -OCH3 is 2. The van der Waals surface area contributed by atoms with Crippen molar-refractivity contribution in [3.8, 4) is 22.9 Å². The molecule has 7 nitrogen and oxygen atoms in total. The van der Waals surface area contributed by atoms with Gasteiger partial charge in [0.15, 0.2) is 11.5 Å². The van der Waals surface area contributed by atoms with Crippen LogP contribution in [0.4, 0.5) is 5.69 Å². The maximum absolute atomic E-state index is 12.1. The quantitative estimate of drug-likeness (QED) is 0.598. The Morgan fingerprint density at radius 2 is 1.86 bits per heavy atom. The fourth-order valence-corrected chi connectivity index (χ4v) is 2.76. The van der Waals surface area contributed by atoms with Crippen LogP contribution in [0.3, 0.4) is 0 Å². The summed E-state index contributed by atoms with van der Waals surface area (Å²) in [5, 5.41) is 7.49. The van der Waals surface area contributed by atoms with E-state index in [1.807, 2.05) is 0 Å². The number of aromatic nitrogens is 2. The lowest BCUT2D eigenvalue weighted by Crippen LogP contribution is -2.12. The number of hydrogen-bond acceptors (Lipinski definition) is 6. The van der Waals surface area contributed by atoms with E-state index in [0.717, 1.165) is 0 Å². The van der Waals surface area contributed by atoms with E-state index in [0.29, 0.717) is 50.9 Å². The smallest absolute Gasteiger partial charge is 0.227 e. The second kappa shape index (κ2) is 8.95. The van der Waals surface area contributed by atoms with E-state index in [4.69, 9.17) is 37.2 Å². The molecule has 1 amide bonds. The maximum atomic E-state index is 12.1. The number of nitrogens with one attached hydrogen (secondary N) is 1. The molecule has 0 radical (unpaired) electrons. The first-order valence-corrected chi connectivity index (χ1v) is 9.05. The number of aryl methyl sites for hydroxylation is 1. The van der Waals surface area contributed by atoms with Gasteiger partial charge in [-0.05, 0) is 36.4 Å². The normalized spacial score (nSPS) is 10.6. The van der Waals surface area contributed by atoms with Crippen LogP contribution in [-0.2, 0) is 11.2 Å². The largest absolute Gasteiger partial charge is 0.493 e. The van der Waals surface area contributed by atoms with Gasteiger partial charge >= 0.3 is 0 Å². The van der Waals surface area contributed by atoms with Gasteiger partial charge in [0.05, 0.1) is 24.3 Å². The zero-order valence-corrected chi connectivity index (χ0v) is 16.7. The molecule has 146 valence electrons. The summed E-state index contributed by atoms with van der Waals surface area (Å²) in [5.41, 5.74) is 1.28. The molecule has 0 saturated heterocycles. The molecule has 28 heavy (non-hydrogen) atoms. The molecule has 2 aromatic carbocycles. The molecule has 0 aliphatic rings. The average Bonchev–Trinajstić information content (AvgIpc) is 3.17. The van der Waals surface area contributed by atoms with E-state index in [1.165, 1.54) is 0 Å². The lowest BCUT2D eigenvalue weighted by molar-refractivity contribution is -0.116. The van der Waals surface area contributed by atoms with Crippen LogP contribution in [0.2, 0.25) is 10.0 Å². The maximum Gasteiger partial charge on any atom is 0.227 e. The highest BCUT2D eigenvalue weighted by atomic mass is 35.5. The molecule has 0 fully saturated rings. The summed E-state index contributed by atoms with van der Waals surface area (Å²) in [6.45, 7) is 0. The van der Waals surface area contributed by atoms with Crippen molar-refractivity contribution < 1.29 is 18.8 Å². The molecule has 0 atom stereocenters. The molecule has 0 unspecified atom stereocenters. The first-order chi connectivity index (χ1) is 13.5. The third-order valence-electron chi connectivity index (χ3n) is 3.88. The van der Waals surface area contributed by atoms with Gasteiger partial charge in [-0.1, -0.05) is 28.4 Å². The monoisotopic (exact) mass is 421 g/mol. The SMILES string of the molecule is COc1ccc(-c2noc(CCC(=O)Nc3ccc(Cl)c(Cl)c3)n2)cc1OC. The van der Waals surface area contributed by atoms with E-state index in [2.05, 4.69) is 15.5 Å². The highest BCUT2D eigenvalue weighted by Gasteiger charge is 2.13. The highest BCUT2D eigenvalue weighted by molar-refractivity contribution is 6.42. The number of rotatable bonds is 7. The molecule has 1 N–H and O–H groups in total. The summed E-state index contributed by atoms with van der Waals surface area (Å²) in [5.74, 6) is 1.72. The molecule has 0 spiro atoms. The zero-order valence-electron chi connectivity index (χ0n) is 15.2. The summed E-state index contributed by atoms with van der Waals surface area (Å²) in [6.07, 6.45) is 0.473. The minimum atomic E-state index is -0.204. The highest BCUT2D eigenvalue weighted by Crippen LogP contribution is 2.31. The number of hydrogen-bond donors (Lipinski definition) is 1. The molecule has 0 saturated carbocycles. The third kappa shape index (κ3) is 4.74. The minimum Gasteiger partial charge on any atom is -0.493 e. The Morgan fingerprint density at radius 1 is 1.07 bits per heavy atom. The Kier molecular flexibility index (Phi) is 6.38. The van der Waals surface area contributed by atoms with Gasteiger partial charge in [0.2, 0.25) is 17.6 Å². The van der Waals surface area contributed by atoms with Gasteiger partial charge < -0.3 is 19.3 Å². The van der Waals surface area contributed by atoms with Gasteiger partial charge in [0.1, 0.15) is 0 Å². The molecule has 0 bridgehead atoms. The Balaban J connectivity index is 1.61. The van der Waals surface area contributed by atoms with Gasteiger partial charge in [-0.25, -0.2) is 0 Å². The first-order valence-electron chi connectivity index (χ1n) is 8.30. The summed E-state index contributed by atoms with van der Waals surface area (Å²) >= 11 is 11.8. The molecular weight excluding hydrogens is 405 g/mol. The number of carbonyl (C=O) groups is 1. The number of anilines is 1. The van der Waals surface area contributed by atoms with Crippen molar-refractivity contribution in [2.75, 3.05) is 19.5 Å². The third-order valence-corrected chi connectivity index (χ3v) is 4.62. The van der Waals surface area contributed by atoms with Gasteiger partial charge in [0, 0.05) is 24.1 Å². The predicted octanol–water partition coefficient (Wildman–Crippen LogP) is 4.63. The lowest BCUT2D eigenvalue weighted by Gasteiger charge is -2.07. The van der Waals surface area contributed by atoms with Crippen LogP contribution in [0.5, 0.6) is 11.5 Å². The van der Waals surface area contributed by atoms with Crippen molar-refractivity contribution >= 4 is 34.8 Å². The Morgan fingerprint density at radius 3 is 2.57 bits per heavy atom. The molecule has 3 aromatic rings. The van der Waals surface area contributed by atoms with E-state index < -0.39 is 0 Å². The molecule has 1 aromatic heterocycles. The van der Waals surface area contributed by atoms with Crippen molar-refractivity contribution in [3.05, 3.63) is 52.3 Å². The first kappa shape index (κ1) is 20.0. The Bertz CT molecular complexity index is 991. The van der Waals surface area contributed by atoms with E-state index >= 15 is 0 Å². The Hall–Kier alpha value is -2.77. The Labute approximate surface area is 171 Å². The second-order valence-corrected chi connectivity index (χ2v) is 6.57. The lowest BCUT2D eigenvalue weighted by atomic mass is 10.2. The van der Waals surface area contributed by atoms with E-state index in [9.17, 15) is 4.79 Å². The van der Waals surface area contributed by atoms with Crippen molar-refractivity contribution in [2.24, 2.45) is 0 Å². The van der Waals surface area contributed by atoms with Gasteiger partial charge in [-0.3, -0.25) is 4.79 Å². The van der Waals surface area contributed by atoms with Crippen LogP contribution in [0.25, 0.3) is 11.4 Å². The fourth-order valence-electron chi connectivity index (χ4n) is 2.47. The summed E-state index contributed by atoms with van der Waals surface area (Å²) in [7, 11) is 3.11. The molecule has 9 heteroatoms. The number of nitrogens with zero attached hydrogens (tertiary/aromatic N) is 2. The number of ether oxygens (including phenoxy) is 2. The van der Waals surface area contributed by atoms with Crippen LogP contribution >= 0.6 is 23.2 Å². The summed E-state index contributed by atoms with van der Waals surface area (Å²) < 4.78 is 15.7. The number of carbonyl (C=O) groups excluding carboxylic acids is 1. The summed E-state index contributed by atoms with van der Waals surface area (Å²) in [6, 6.07) is 10.2. The van der Waals surface area contributed by atoms with Crippen LogP contribution in [-0.4, -0.2) is 30.3 Å². The summed E-state index contributed by atoms with van der Waals surface area (Å²) in [4.78, 5) is 16.4. The molecule has 1 heterocycles. The van der Waals surface area contributed by atoms with Crippen LogP contribution in [0, 0.1) is 0 Å².